The topological polar surface area (TPSA) is 38.1 Å². The molecule has 1 N–H and O–H groups in total. The van der Waals surface area contributed by atoms with Gasteiger partial charge >= 0.3 is 0 Å². The van der Waals surface area contributed by atoms with Crippen molar-refractivity contribution in [1.29, 1.82) is 0 Å². The molecule has 9 heavy (non-hydrogen) atoms. The molecule has 0 bridgehead atoms. The minimum atomic E-state index is 0. The van der Waals surface area contributed by atoms with Crippen molar-refractivity contribution in [2.45, 2.75) is 6.92 Å². The molecule has 0 amide bonds. The van der Waals surface area contributed by atoms with E-state index >= 15 is 0 Å². The van der Waals surface area contributed by atoms with E-state index in [1.807, 2.05) is 13.0 Å². The summed E-state index contributed by atoms with van der Waals surface area (Å²) in [6, 6.07) is 1.83. The lowest BCUT2D eigenvalue weighted by atomic mass is 10.5. The SMILES string of the molecule is CNc1cc(C)no1.Cl. The molecule has 3 nitrogen and oxygen atoms in total. The molecule has 0 fully saturated rings. The molecule has 0 saturated carbocycles. The molecular formula is C5H9ClN2O. The van der Waals surface area contributed by atoms with Crippen molar-refractivity contribution in [2.24, 2.45) is 0 Å². The van der Waals surface area contributed by atoms with Gasteiger partial charge in [-0.05, 0) is 6.92 Å². The zero-order chi connectivity index (χ0) is 5.98. The van der Waals surface area contributed by atoms with Gasteiger partial charge in [0.05, 0.1) is 5.69 Å². The highest BCUT2D eigenvalue weighted by Gasteiger charge is 1.92. The quantitative estimate of drug-likeness (QED) is 0.655. The molecule has 4 heteroatoms. The van der Waals surface area contributed by atoms with E-state index in [0.717, 1.165) is 5.69 Å². The summed E-state index contributed by atoms with van der Waals surface area (Å²) in [5.41, 5.74) is 0.898. The molecular weight excluding hydrogens is 140 g/mol. The summed E-state index contributed by atoms with van der Waals surface area (Å²) >= 11 is 0. The van der Waals surface area contributed by atoms with Crippen molar-refractivity contribution >= 4 is 18.3 Å². The van der Waals surface area contributed by atoms with Crippen LogP contribution >= 0.6 is 12.4 Å². The lowest BCUT2D eigenvalue weighted by Gasteiger charge is -1.83. The van der Waals surface area contributed by atoms with Gasteiger partial charge in [-0.15, -0.1) is 12.4 Å². The average Bonchev–Trinajstić information content (AvgIpc) is 2.14. The highest BCUT2D eigenvalue weighted by Crippen LogP contribution is 2.05. The van der Waals surface area contributed by atoms with E-state index in [1.54, 1.807) is 7.05 Å². The van der Waals surface area contributed by atoms with E-state index in [9.17, 15) is 0 Å². The van der Waals surface area contributed by atoms with E-state index in [-0.39, 0.29) is 12.4 Å². The van der Waals surface area contributed by atoms with Crippen LogP contribution in [0.15, 0.2) is 10.6 Å². The molecule has 1 heterocycles. The summed E-state index contributed by atoms with van der Waals surface area (Å²) in [6.07, 6.45) is 0. The second-order valence-corrected chi connectivity index (χ2v) is 1.58. The van der Waals surface area contributed by atoms with Crippen LogP contribution in [0.4, 0.5) is 5.88 Å². The van der Waals surface area contributed by atoms with Gasteiger partial charge in [-0.25, -0.2) is 0 Å². The first-order valence-corrected chi connectivity index (χ1v) is 2.44. The number of anilines is 1. The third-order valence-corrected chi connectivity index (χ3v) is 0.874. The van der Waals surface area contributed by atoms with Crippen LogP contribution < -0.4 is 5.32 Å². The predicted molar refractivity (Wildman–Crippen MR) is 38.0 cm³/mol. The molecule has 1 aromatic heterocycles. The summed E-state index contributed by atoms with van der Waals surface area (Å²) in [4.78, 5) is 0. The van der Waals surface area contributed by atoms with E-state index in [4.69, 9.17) is 4.52 Å². The van der Waals surface area contributed by atoms with Gasteiger partial charge in [0.25, 0.3) is 0 Å². The Morgan fingerprint density at radius 1 is 1.67 bits per heavy atom. The lowest BCUT2D eigenvalue weighted by molar-refractivity contribution is 0.429. The van der Waals surface area contributed by atoms with Crippen molar-refractivity contribution in [2.75, 3.05) is 12.4 Å². The Bertz CT molecular complexity index is 175. The number of halogens is 1. The van der Waals surface area contributed by atoms with E-state index in [2.05, 4.69) is 10.5 Å². The molecule has 0 saturated heterocycles. The normalized spacial score (nSPS) is 8.22. The Kier molecular flexibility index (Phi) is 3.09. The number of hydrogen-bond acceptors (Lipinski definition) is 3. The molecule has 1 rings (SSSR count). The Balaban J connectivity index is 0.000000640. The molecule has 1 aromatic rings. The van der Waals surface area contributed by atoms with Gasteiger partial charge in [-0.3, -0.25) is 0 Å². The third kappa shape index (κ3) is 1.93. The number of hydrogen-bond donors (Lipinski definition) is 1. The number of aromatic nitrogens is 1. The molecule has 0 aromatic carbocycles. The minimum absolute atomic E-state index is 0. The zero-order valence-electron chi connectivity index (χ0n) is 5.34. The van der Waals surface area contributed by atoms with Crippen LogP contribution in [0.1, 0.15) is 5.69 Å². The molecule has 0 atom stereocenters. The number of nitrogens with one attached hydrogen (secondary N) is 1. The van der Waals surface area contributed by atoms with Gasteiger partial charge in [0.2, 0.25) is 5.88 Å². The molecule has 0 aliphatic heterocycles. The Hall–Kier alpha value is -0.700. The smallest absolute Gasteiger partial charge is 0.224 e. The lowest BCUT2D eigenvalue weighted by Crippen LogP contribution is -1.81. The van der Waals surface area contributed by atoms with Gasteiger partial charge in [-0.1, -0.05) is 5.16 Å². The largest absolute Gasteiger partial charge is 0.357 e. The molecule has 0 radical (unpaired) electrons. The summed E-state index contributed by atoms with van der Waals surface area (Å²) in [5.74, 6) is 0.711. The van der Waals surface area contributed by atoms with Crippen LogP contribution in [-0.2, 0) is 0 Å². The Morgan fingerprint density at radius 3 is 2.56 bits per heavy atom. The first-order valence-electron chi connectivity index (χ1n) is 2.44. The van der Waals surface area contributed by atoms with Gasteiger partial charge < -0.3 is 9.84 Å². The predicted octanol–water partition coefficient (Wildman–Crippen LogP) is 1.45. The van der Waals surface area contributed by atoms with Crippen molar-refractivity contribution in [3.8, 4) is 0 Å². The van der Waals surface area contributed by atoms with Crippen molar-refractivity contribution in [1.82, 2.24) is 5.16 Å². The maximum atomic E-state index is 4.75. The molecule has 52 valence electrons. The van der Waals surface area contributed by atoms with Gasteiger partial charge in [0.1, 0.15) is 0 Å². The first-order chi connectivity index (χ1) is 3.83. The highest BCUT2D eigenvalue weighted by molar-refractivity contribution is 5.85. The van der Waals surface area contributed by atoms with E-state index in [0.29, 0.717) is 5.88 Å². The summed E-state index contributed by atoms with van der Waals surface area (Å²) in [7, 11) is 1.79. The summed E-state index contributed by atoms with van der Waals surface area (Å²) in [5, 5.41) is 6.47. The number of aryl methyl sites for hydroxylation is 1. The third-order valence-electron chi connectivity index (χ3n) is 0.874. The van der Waals surface area contributed by atoms with Crippen LogP contribution in [-0.4, -0.2) is 12.2 Å². The monoisotopic (exact) mass is 148 g/mol. The number of rotatable bonds is 1. The molecule has 0 unspecified atom stereocenters. The fourth-order valence-electron chi connectivity index (χ4n) is 0.481. The fourth-order valence-corrected chi connectivity index (χ4v) is 0.481. The van der Waals surface area contributed by atoms with Crippen LogP contribution in [0.2, 0.25) is 0 Å². The molecule has 0 spiro atoms. The second kappa shape index (κ2) is 3.35. The fraction of sp³-hybridized carbons (Fsp3) is 0.400. The second-order valence-electron chi connectivity index (χ2n) is 1.58. The summed E-state index contributed by atoms with van der Waals surface area (Å²) in [6.45, 7) is 1.88. The molecule has 0 aliphatic rings. The van der Waals surface area contributed by atoms with E-state index in [1.165, 1.54) is 0 Å². The van der Waals surface area contributed by atoms with Crippen molar-refractivity contribution in [3.05, 3.63) is 11.8 Å². The van der Waals surface area contributed by atoms with Crippen molar-refractivity contribution in [3.63, 3.8) is 0 Å². The standard InChI is InChI=1S/C5H8N2O.ClH/c1-4-3-5(6-2)8-7-4;/h3,6H,1-2H3;1H. The Labute approximate surface area is 59.8 Å². The van der Waals surface area contributed by atoms with Crippen LogP contribution in [0.3, 0.4) is 0 Å². The van der Waals surface area contributed by atoms with E-state index < -0.39 is 0 Å². The van der Waals surface area contributed by atoms with Crippen molar-refractivity contribution < 1.29 is 4.52 Å². The first kappa shape index (κ1) is 8.30. The highest BCUT2D eigenvalue weighted by atomic mass is 35.5. The van der Waals surface area contributed by atoms with Crippen LogP contribution in [0.5, 0.6) is 0 Å². The maximum absolute atomic E-state index is 4.75. The van der Waals surface area contributed by atoms with Crippen LogP contribution in [0.25, 0.3) is 0 Å². The average molecular weight is 149 g/mol. The molecule has 0 aliphatic carbocycles. The summed E-state index contributed by atoms with van der Waals surface area (Å²) < 4.78 is 4.75. The Morgan fingerprint density at radius 2 is 2.33 bits per heavy atom. The maximum Gasteiger partial charge on any atom is 0.224 e. The van der Waals surface area contributed by atoms with Gasteiger partial charge in [0, 0.05) is 13.1 Å². The minimum Gasteiger partial charge on any atom is -0.357 e. The van der Waals surface area contributed by atoms with Gasteiger partial charge in [-0.2, -0.15) is 0 Å². The van der Waals surface area contributed by atoms with Gasteiger partial charge in [0.15, 0.2) is 0 Å². The zero-order valence-corrected chi connectivity index (χ0v) is 6.16. The number of nitrogens with zero attached hydrogens (tertiary/aromatic N) is 1. The van der Waals surface area contributed by atoms with Crippen LogP contribution in [0, 0.1) is 6.92 Å².